The molecule has 0 aromatic carbocycles. The fraction of sp³-hybridized carbons (Fsp3) is 0.500. The Kier molecular flexibility index (Phi) is 2.64. The fourth-order valence-electron chi connectivity index (χ4n) is 1.92. The van der Waals surface area contributed by atoms with E-state index in [1.165, 1.54) is 10.9 Å². The molecule has 0 saturated carbocycles. The molecule has 0 atom stereocenters. The van der Waals surface area contributed by atoms with Crippen molar-refractivity contribution in [3.63, 3.8) is 0 Å². The number of nitrogens with zero attached hydrogens (tertiary/aromatic N) is 4. The van der Waals surface area contributed by atoms with Gasteiger partial charge in [0.25, 0.3) is 0 Å². The van der Waals surface area contributed by atoms with Crippen LogP contribution >= 0.6 is 0 Å². The molecule has 0 spiro atoms. The highest BCUT2D eigenvalue weighted by Gasteiger charge is 2.20. The summed E-state index contributed by atoms with van der Waals surface area (Å²) in [5.74, 6) is 0. The SMILES string of the molecule is CN1CCC/C1=C\c1c([N+](=O)[O-])cnn1C. The maximum Gasteiger partial charge on any atom is 0.314 e. The molecule has 0 amide bonds. The Labute approximate surface area is 93.3 Å². The smallest absolute Gasteiger partial charge is 0.314 e. The van der Waals surface area contributed by atoms with Gasteiger partial charge in [-0.25, -0.2) is 0 Å². The highest BCUT2D eigenvalue weighted by molar-refractivity contribution is 5.59. The molecule has 1 aliphatic heterocycles. The average Bonchev–Trinajstić information content (AvgIpc) is 2.76. The molecule has 1 saturated heterocycles. The van der Waals surface area contributed by atoms with E-state index in [1.807, 2.05) is 13.1 Å². The summed E-state index contributed by atoms with van der Waals surface area (Å²) in [6.45, 7) is 1.01. The van der Waals surface area contributed by atoms with Crippen molar-refractivity contribution in [1.82, 2.24) is 14.7 Å². The van der Waals surface area contributed by atoms with Gasteiger partial charge in [0.05, 0.1) is 4.92 Å². The third-order valence-electron chi connectivity index (χ3n) is 2.88. The summed E-state index contributed by atoms with van der Waals surface area (Å²) in [7, 11) is 3.72. The standard InChI is InChI=1S/C10H14N4O2/c1-12-5-3-4-8(12)6-9-10(14(15)16)7-11-13(9)2/h6-7H,3-5H2,1-2H3/b8-6+. The fourth-order valence-corrected chi connectivity index (χ4v) is 1.92. The van der Waals surface area contributed by atoms with Crippen molar-refractivity contribution in [2.45, 2.75) is 12.8 Å². The molecule has 86 valence electrons. The molecule has 0 bridgehead atoms. The topological polar surface area (TPSA) is 64.2 Å². The maximum absolute atomic E-state index is 10.8. The van der Waals surface area contributed by atoms with E-state index in [-0.39, 0.29) is 5.69 Å². The third kappa shape index (κ3) is 1.78. The molecule has 0 N–H and O–H groups in total. The molecule has 6 heteroatoms. The Balaban J connectivity index is 2.40. The van der Waals surface area contributed by atoms with E-state index in [0.29, 0.717) is 5.69 Å². The minimum Gasteiger partial charge on any atom is -0.378 e. The Morgan fingerprint density at radius 2 is 2.31 bits per heavy atom. The molecule has 0 aliphatic carbocycles. The molecule has 6 nitrogen and oxygen atoms in total. The number of allylic oxidation sites excluding steroid dienone is 1. The zero-order valence-electron chi connectivity index (χ0n) is 9.38. The van der Waals surface area contributed by atoms with Crippen LogP contribution in [0.25, 0.3) is 6.08 Å². The van der Waals surface area contributed by atoms with Crippen LogP contribution in [0.3, 0.4) is 0 Å². The molecule has 2 heterocycles. The summed E-state index contributed by atoms with van der Waals surface area (Å²) in [4.78, 5) is 12.5. The largest absolute Gasteiger partial charge is 0.378 e. The number of aryl methyl sites for hydroxylation is 1. The average molecular weight is 222 g/mol. The third-order valence-corrected chi connectivity index (χ3v) is 2.88. The van der Waals surface area contributed by atoms with E-state index in [2.05, 4.69) is 10.00 Å². The first kappa shape index (κ1) is 10.7. The van der Waals surface area contributed by atoms with Crippen LogP contribution in [0.1, 0.15) is 18.5 Å². The molecule has 1 aromatic rings. The molecule has 2 rings (SSSR count). The van der Waals surface area contributed by atoms with Crippen LogP contribution in [0.15, 0.2) is 11.9 Å². The second kappa shape index (κ2) is 3.96. The molecule has 1 aliphatic rings. The lowest BCUT2D eigenvalue weighted by Gasteiger charge is -2.12. The number of hydrogen-bond acceptors (Lipinski definition) is 4. The summed E-state index contributed by atoms with van der Waals surface area (Å²) in [6, 6.07) is 0. The summed E-state index contributed by atoms with van der Waals surface area (Å²) in [5, 5.41) is 14.7. The van der Waals surface area contributed by atoms with Crippen LogP contribution in [-0.2, 0) is 7.05 Å². The zero-order chi connectivity index (χ0) is 11.7. The van der Waals surface area contributed by atoms with Crippen molar-refractivity contribution >= 4 is 11.8 Å². The van der Waals surface area contributed by atoms with Gasteiger partial charge in [0.1, 0.15) is 11.9 Å². The minimum atomic E-state index is -0.394. The van der Waals surface area contributed by atoms with Crippen LogP contribution < -0.4 is 0 Å². The highest BCUT2D eigenvalue weighted by Crippen LogP contribution is 2.25. The predicted octanol–water partition coefficient (Wildman–Crippen LogP) is 1.39. The first-order valence-electron chi connectivity index (χ1n) is 5.17. The van der Waals surface area contributed by atoms with E-state index < -0.39 is 4.92 Å². The lowest BCUT2D eigenvalue weighted by Crippen LogP contribution is -2.10. The van der Waals surface area contributed by atoms with Crippen molar-refractivity contribution in [3.8, 4) is 0 Å². The molecule has 0 unspecified atom stereocenters. The molecular formula is C10H14N4O2. The quantitative estimate of drug-likeness (QED) is 0.560. The Morgan fingerprint density at radius 1 is 1.56 bits per heavy atom. The van der Waals surface area contributed by atoms with Gasteiger partial charge in [-0.1, -0.05) is 0 Å². The van der Waals surface area contributed by atoms with Crippen molar-refractivity contribution in [1.29, 1.82) is 0 Å². The van der Waals surface area contributed by atoms with Gasteiger partial charge in [-0.2, -0.15) is 5.10 Å². The Hall–Kier alpha value is -1.85. The second-order valence-corrected chi connectivity index (χ2v) is 3.96. The summed E-state index contributed by atoms with van der Waals surface area (Å²) >= 11 is 0. The Bertz CT molecular complexity index is 450. The van der Waals surface area contributed by atoms with Gasteiger partial charge in [-0.3, -0.25) is 14.8 Å². The monoisotopic (exact) mass is 222 g/mol. The maximum atomic E-state index is 10.8. The molecule has 0 radical (unpaired) electrons. The van der Waals surface area contributed by atoms with Crippen molar-refractivity contribution < 1.29 is 4.92 Å². The summed E-state index contributed by atoms with van der Waals surface area (Å²) in [5.41, 5.74) is 1.76. The van der Waals surface area contributed by atoms with Crippen LogP contribution in [0.4, 0.5) is 5.69 Å². The van der Waals surface area contributed by atoms with Crippen molar-refractivity contribution in [2.24, 2.45) is 7.05 Å². The molecule has 16 heavy (non-hydrogen) atoms. The highest BCUT2D eigenvalue weighted by atomic mass is 16.6. The lowest BCUT2D eigenvalue weighted by atomic mass is 10.2. The number of nitro groups is 1. The van der Waals surface area contributed by atoms with E-state index in [4.69, 9.17) is 0 Å². The van der Waals surface area contributed by atoms with E-state index in [9.17, 15) is 10.1 Å². The van der Waals surface area contributed by atoms with Gasteiger partial charge in [0, 0.05) is 26.3 Å². The van der Waals surface area contributed by atoms with Crippen LogP contribution in [0.5, 0.6) is 0 Å². The molecule has 1 fully saturated rings. The van der Waals surface area contributed by atoms with Crippen LogP contribution in [0.2, 0.25) is 0 Å². The first-order valence-corrected chi connectivity index (χ1v) is 5.17. The predicted molar refractivity (Wildman–Crippen MR) is 59.7 cm³/mol. The van der Waals surface area contributed by atoms with Crippen LogP contribution in [0, 0.1) is 10.1 Å². The number of rotatable bonds is 2. The van der Waals surface area contributed by atoms with Gasteiger partial charge >= 0.3 is 5.69 Å². The van der Waals surface area contributed by atoms with Gasteiger partial charge in [0.2, 0.25) is 0 Å². The summed E-state index contributed by atoms with van der Waals surface area (Å²) < 4.78 is 1.54. The summed E-state index contributed by atoms with van der Waals surface area (Å²) in [6.07, 6.45) is 5.23. The number of aromatic nitrogens is 2. The number of likely N-dealkylation sites (tertiary alicyclic amines) is 1. The first-order chi connectivity index (χ1) is 7.59. The van der Waals surface area contributed by atoms with Gasteiger partial charge < -0.3 is 4.90 Å². The van der Waals surface area contributed by atoms with Crippen molar-refractivity contribution in [2.75, 3.05) is 13.6 Å². The molecular weight excluding hydrogens is 208 g/mol. The van der Waals surface area contributed by atoms with Crippen LogP contribution in [-0.4, -0.2) is 33.2 Å². The van der Waals surface area contributed by atoms with E-state index in [0.717, 1.165) is 25.1 Å². The van der Waals surface area contributed by atoms with E-state index >= 15 is 0 Å². The van der Waals surface area contributed by atoms with Gasteiger partial charge in [-0.05, 0) is 18.9 Å². The number of hydrogen-bond donors (Lipinski definition) is 0. The zero-order valence-corrected chi connectivity index (χ0v) is 9.38. The second-order valence-electron chi connectivity index (χ2n) is 3.96. The normalized spacial score (nSPS) is 18.4. The van der Waals surface area contributed by atoms with Gasteiger partial charge in [-0.15, -0.1) is 0 Å². The van der Waals surface area contributed by atoms with E-state index in [1.54, 1.807) is 7.05 Å². The van der Waals surface area contributed by atoms with Gasteiger partial charge in [0.15, 0.2) is 0 Å². The van der Waals surface area contributed by atoms with Crippen molar-refractivity contribution in [3.05, 3.63) is 27.7 Å². The molecule has 1 aromatic heterocycles. The minimum absolute atomic E-state index is 0.0651. The lowest BCUT2D eigenvalue weighted by molar-refractivity contribution is -0.385. The Morgan fingerprint density at radius 3 is 2.88 bits per heavy atom.